The molecule has 1 aliphatic heterocycles. The normalized spacial score (nSPS) is 20.8. The maximum absolute atomic E-state index is 11.8. The molecule has 1 heterocycles. The Morgan fingerprint density at radius 3 is 2.75 bits per heavy atom. The summed E-state index contributed by atoms with van der Waals surface area (Å²) < 4.78 is 0. The highest BCUT2D eigenvalue weighted by atomic mass is 16.2. The molecule has 0 aromatic carbocycles. The van der Waals surface area contributed by atoms with Crippen LogP contribution >= 0.6 is 0 Å². The van der Waals surface area contributed by atoms with Crippen LogP contribution in [0.2, 0.25) is 0 Å². The number of hydrogen-bond acceptors (Lipinski definition) is 1. The Hall–Kier alpha value is -0.990. The number of piperidine rings is 1. The number of amides is 2. The second-order valence-electron chi connectivity index (χ2n) is 4.78. The summed E-state index contributed by atoms with van der Waals surface area (Å²) in [4.78, 5) is 13.7. The molecule has 90 valence electrons. The molecule has 1 aliphatic carbocycles. The number of carbonyl (C=O) groups is 1. The van der Waals surface area contributed by atoms with Crippen LogP contribution in [-0.4, -0.2) is 30.6 Å². The minimum absolute atomic E-state index is 0.137. The van der Waals surface area contributed by atoms with Gasteiger partial charge in [-0.05, 0) is 44.9 Å². The first kappa shape index (κ1) is 11.5. The number of allylic oxidation sites excluding steroid dienone is 1. The first-order valence-corrected chi connectivity index (χ1v) is 6.57. The first-order valence-electron chi connectivity index (χ1n) is 6.57. The molecule has 2 amide bonds. The molecule has 1 fully saturated rings. The van der Waals surface area contributed by atoms with Gasteiger partial charge in [0.25, 0.3) is 0 Å². The lowest BCUT2D eigenvalue weighted by molar-refractivity contribution is 0.186. The maximum atomic E-state index is 11.8. The summed E-state index contributed by atoms with van der Waals surface area (Å²) in [5.41, 5.74) is 1.53. The largest absolute Gasteiger partial charge is 0.338 e. The second kappa shape index (κ2) is 5.92. The highest BCUT2D eigenvalue weighted by molar-refractivity contribution is 5.74. The van der Waals surface area contributed by atoms with Gasteiger partial charge >= 0.3 is 6.03 Å². The van der Waals surface area contributed by atoms with E-state index >= 15 is 0 Å². The molecule has 3 nitrogen and oxygen atoms in total. The van der Waals surface area contributed by atoms with Crippen LogP contribution in [-0.2, 0) is 0 Å². The van der Waals surface area contributed by atoms with E-state index in [1.165, 1.54) is 44.1 Å². The lowest BCUT2D eigenvalue weighted by atomic mass is 10.1. The van der Waals surface area contributed by atoms with Crippen molar-refractivity contribution in [1.82, 2.24) is 10.2 Å². The Morgan fingerprint density at radius 2 is 2.06 bits per heavy atom. The molecule has 0 aromatic heterocycles. The Bertz CT molecular complexity index is 267. The quantitative estimate of drug-likeness (QED) is 0.732. The Kier molecular flexibility index (Phi) is 4.25. The molecule has 0 unspecified atom stereocenters. The third-order valence-corrected chi connectivity index (χ3v) is 3.50. The molecule has 0 spiro atoms. The molecule has 3 heteroatoms. The van der Waals surface area contributed by atoms with Crippen molar-refractivity contribution in [2.24, 2.45) is 0 Å². The van der Waals surface area contributed by atoms with E-state index in [0.29, 0.717) is 0 Å². The molecule has 1 N–H and O–H groups in total. The van der Waals surface area contributed by atoms with Crippen molar-refractivity contribution in [3.8, 4) is 0 Å². The third-order valence-electron chi connectivity index (χ3n) is 3.50. The molecule has 1 saturated heterocycles. The minimum atomic E-state index is 0.137. The third kappa shape index (κ3) is 3.26. The summed E-state index contributed by atoms with van der Waals surface area (Å²) in [6.07, 6.45) is 10.7. The summed E-state index contributed by atoms with van der Waals surface area (Å²) in [6.45, 7) is 2.68. The van der Waals surface area contributed by atoms with Crippen molar-refractivity contribution >= 4 is 6.03 Å². The molecule has 0 bridgehead atoms. The van der Waals surface area contributed by atoms with Crippen LogP contribution in [0.3, 0.4) is 0 Å². The molecular formula is C13H22N2O. The number of carbonyl (C=O) groups excluding carboxylic acids is 1. The number of nitrogens with one attached hydrogen (secondary N) is 1. The molecule has 0 radical (unpaired) electrons. The summed E-state index contributed by atoms with van der Waals surface area (Å²) in [5, 5.41) is 3.03. The van der Waals surface area contributed by atoms with E-state index in [1.807, 2.05) is 4.90 Å². The molecule has 0 aromatic rings. The van der Waals surface area contributed by atoms with Crippen LogP contribution in [0.4, 0.5) is 4.79 Å². The number of likely N-dealkylation sites (tertiary alicyclic amines) is 1. The van der Waals surface area contributed by atoms with Gasteiger partial charge in [-0.25, -0.2) is 4.79 Å². The smallest absolute Gasteiger partial charge is 0.317 e. The van der Waals surface area contributed by atoms with Crippen LogP contribution in [0.1, 0.15) is 44.9 Å². The number of nitrogens with zero attached hydrogens (tertiary/aromatic N) is 1. The van der Waals surface area contributed by atoms with Crippen LogP contribution in [0.5, 0.6) is 0 Å². The van der Waals surface area contributed by atoms with Crippen molar-refractivity contribution in [3.63, 3.8) is 0 Å². The van der Waals surface area contributed by atoms with E-state index in [4.69, 9.17) is 0 Å². The second-order valence-corrected chi connectivity index (χ2v) is 4.78. The Morgan fingerprint density at radius 1 is 1.25 bits per heavy atom. The van der Waals surface area contributed by atoms with E-state index in [-0.39, 0.29) is 6.03 Å². The first-order chi connectivity index (χ1) is 7.86. The van der Waals surface area contributed by atoms with Gasteiger partial charge in [0, 0.05) is 19.6 Å². The summed E-state index contributed by atoms with van der Waals surface area (Å²) in [7, 11) is 0. The molecule has 0 atom stereocenters. The van der Waals surface area contributed by atoms with Gasteiger partial charge in [-0.1, -0.05) is 11.6 Å². The van der Waals surface area contributed by atoms with Gasteiger partial charge in [0.15, 0.2) is 0 Å². The van der Waals surface area contributed by atoms with Crippen LogP contribution < -0.4 is 5.32 Å². The van der Waals surface area contributed by atoms with E-state index in [2.05, 4.69) is 11.4 Å². The summed E-state index contributed by atoms with van der Waals surface area (Å²) >= 11 is 0. The summed E-state index contributed by atoms with van der Waals surface area (Å²) in [5.74, 6) is 0. The van der Waals surface area contributed by atoms with Gasteiger partial charge in [-0.3, -0.25) is 0 Å². The fraction of sp³-hybridized carbons (Fsp3) is 0.769. The topological polar surface area (TPSA) is 32.3 Å². The number of hydrogen-bond donors (Lipinski definition) is 1. The number of rotatable bonds is 3. The molecule has 2 rings (SSSR count). The molecular weight excluding hydrogens is 200 g/mol. The zero-order valence-electron chi connectivity index (χ0n) is 10.0. The van der Waals surface area contributed by atoms with Gasteiger partial charge < -0.3 is 10.2 Å². The minimum Gasteiger partial charge on any atom is -0.338 e. The number of urea groups is 1. The Labute approximate surface area is 97.9 Å². The van der Waals surface area contributed by atoms with E-state index < -0.39 is 0 Å². The predicted molar refractivity (Wildman–Crippen MR) is 65.4 cm³/mol. The lowest BCUT2D eigenvalue weighted by Crippen LogP contribution is -2.43. The van der Waals surface area contributed by atoms with Crippen molar-refractivity contribution < 1.29 is 4.79 Å². The molecule has 16 heavy (non-hydrogen) atoms. The van der Waals surface area contributed by atoms with E-state index in [9.17, 15) is 4.79 Å². The Balaban J connectivity index is 1.63. The van der Waals surface area contributed by atoms with Crippen molar-refractivity contribution in [2.45, 2.75) is 44.9 Å². The average molecular weight is 222 g/mol. The highest BCUT2D eigenvalue weighted by Crippen LogP contribution is 2.19. The summed E-state index contributed by atoms with van der Waals surface area (Å²) in [6, 6.07) is 0.137. The zero-order valence-corrected chi connectivity index (χ0v) is 10.0. The fourth-order valence-electron chi connectivity index (χ4n) is 2.50. The van der Waals surface area contributed by atoms with Crippen LogP contribution in [0.25, 0.3) is 0 Å². The van der Waals surface area contributed by atoms with Crippen molar-refractivity contribution in [1.29, 1.82) is 0 Å². The monoisotopic (exact) mass is 222 g/mol. The molecule has 2 aliphatic rings. The van der Waals surface area contributed by atoms with Crippen molar-refractivity contribution in [3.05, 3.63) is 11.6 Å². The van der Waals surface area contributed by atoms with Gasteiger partial charge in [0.1, 0.15) is 0 Å². The van der Waals surface area contributed by atoms with E-state index in [0.717, 1.165) is 26.1 Å². The molecule has 0 saturated carbocycles. The predicted octanol–water partition coefficient (Wildman–Crippen LogP) is 2.68. The SMILES string of the molecule is O=C(NCCC1=CCCC1)N1CCCCC1. The standard InChI is InChI=1S/C13H22N2O/c16-13(15-10-4-1-5-11-15)14-9-8-12-6-2-3-7-12/h6H,1-5,7-11H2,(H,14,16). The van der Waals surface area contributed by atoms with Crippen LogP contribution in [0.15, 0.2) is 11.6 Å². The van der Waals surface area contributed by atoms with Crippen LogP contribution in [0, 0.1) is 0 Å². The van der Waals surface area contributed by atoms with Gasteiger partial charge in [-0.2, -0.15) is 0 Å². The van der Waals surface area contributed by atoms with Gasteiger partial charge in [-0.15, -0.1) is 0 Å². The van der Waals surface area contributed by atoms with Crippen molar-refractivity contribution in [2.75, 3.05) is 19.6 Å². The van der Waals surface area contributed by atoms with Gasteiger partial charge in [0.2, 0.25) is 0 Å². The average Bonchev–Trinajstić information content (AvgIpc) is 2.83. The maximum Gasteiger partial charge on any atom is 0.317 e. The fourth-order valence-corrected chi connectivity index (χ4v) is 2.50. The highest BCUT2D eigenvalue weighted by Gasteiger charge is 2.15. The van der Waals surface area contributed by atoms with Gasteiger partial charge in [0.05, 0.1) is 0 Å². The zero-order chi connectivity index (χ0) is 11.2. The van der Waals surface area contributed by atoms with E-state index in [1.54, 1.807) is 0 Å². The lowest BCUT2D eigenvalue weighted by Gasteiger charge is -2.26.